The van der Waals surface area contributed by atoms with E-state index in [0.29, 0.717) is 5.92 Å². The van der Waals surface area contributed by atoms with E-state index in [1.165, 1.54) is 38.6 Å². The van der Waals surface area contributed by atoms with Gasteiger partial charge >= 0.3 is 0 Å². The van der Waals surface area contributed by atoms with Gasteiger partial charge in [-0.1, -0.05) is 25.0 Å². The first-order valence-electron chi connectivity index (χ1n) is 8.60. The highest BCUT2D eigenvalue weighted by Crippen LogP contribution is 2.30. The van der Waals surface area contributed by atoms with Gasteiger partial charge in [0.15, 0.2) is 0 Å². The molecular weight excluding hydrogens is 314 g/mol. The van der Waals surface area contributed by atoms with Crippen LogP contribution >= 0.6 is 12.4 Å². The van der Waals surface area contributed by atoms with Crippen LogP contribution in [0.25, 0.3) is 0 Å². The summed E-state index contributed by atoms with van der Waals surface area (Å²) in [4.78, 5) is 14.8. The number of likely N-dealkylation sites (tertiary alicyclic amines) is 1. The lowest BCUT2D eigenvalue weighted by Crippen LogP contribution is -2.42. The molecule has 1 aliphatic heterocycles. The number of rotatable bonds is 7. The second-order valence-electron chi connectivity index (χ2n) is 6.84. The van der Waals surface area contributed by atoms with E-state index in [4.69, 9.17) is 0 Å². The molecule has 1 N–H and O–H groups in total. The van der Waals surface area contributed by atoms with Crippen molar-refractivity contribution in [1.29, 1.82) is 0 Å². The Morgan fingerprint density at radius 2 is 2.17 bits per heavy atom. The molecule has 1 amide bonds. The number of hydrogen-bond donors (Lipinski definition) is 1. The minimum atomic E-state index is 0. The third-order valence-electron chi connectivity index (χ3n) is 5.04. The quantitative estimate of drug-likeness (QED) is 0.820. The molecule has 1 aliphatic carbocycles. The van der Waals surface area contributed by atoms with E-state index in [0.717, 1.165) is 19.0 Å². The van der Waals surface area contributed by atoms with Crippen molar-refractivity contribution in [2.45, 2.75) is 51.6 Å². The number of amides is 1. The first-order valence-corrected chi connectivity index (χ1v) is 8.60. The third kappa shape index (κ3) is 4.91. The SMILES string of the molecule is CCC[C@H]1CN(CC2CCC2)C[C@@H]1NC(=O)Cn1ccnn1.Cl. The molecule has 1 saturated heterocycles. The third-order valence-corrected chi connectivity index (χ3v) is 5.04. The molecule has 2 heterocycles. The minimum absolute atomic E-state index is 0. The molecule has 6 nitrogen and oxygen atoms in total. The van der Waals surface area contributed by atoms with Crippen molar-refractivity contribution in [2.24, 2.45) is 11.8 Å². The van der Waals surface area contributed by atoms with Gasteiger partial charge in [0.1, 0.15) is 6.54 Å². The molecule has 23 heavy (non-hydrogen) atoms. The Labute approximate surface area is 144 Å². The molecule has 0 unspecified atom stereocenters. The highest BCUT2D eigenvalue weighted by atomic mass is 35.5. The summed E-state index contributed by atoms with van der Waals surface area (Å²) in [6.07, 6.45) is 9.86. The average molecular weight is 342 g/mol. The van der Waals surface area contributed by atoms with Gasteiger partial charge < -0.3 is 10.2 Å². The average Bonchev–Trinajstić information content (AvgIpc) is 3.05. The Bertz CT molecular complexity index is 477. The van der Waals surface area contributed by atoms with Crippen LogP contribution in [0.15, 0.2) is 12.4 Å². The summed E-state index contributed by atoms with van der Waals surface area (Å²) in [5.74, 6) is 1.53. The summed E-state index contributed by atoms with van der Waals surface area (Å²) in [5, 5.41) is 10.8. The Morgan fingerprint density at radius 1 is 1.35 bits per heavy atom. The minimum Gasteiger partial charge on any atom is -0.350 e. The first kappa shape index (κ1) is 18.2. The fourth-order valence-electron chi connectivity index (χ4n) is 3.69. The number of halogens is 1. The van der Waals surface area contributed by atoms with Crippen molar-refractivity contribution >= 4 is 18.3 Å². The predicted molar refractivity (Wildman–Crippen MR) is 91.4 cm³/mol. The number of nitrogens with zero attached hydrogens (tertiary/aromatic N) is 4. The number of aromatic nitrogens is 3. The van der Waals surface area contributed by atoms with Gasteiger partial charge in [0.2, 0.25) is 5.91 Å². The Kier molecular flexibility index (Phi) is 6.84. The van der Waals surface area contributed by atoms with Crippen LogP contribution in [-0.2, 0) is 11.3 Å². The Hall–Kier alpha value is -1.14. The van der Waals surface area contributed by atoms with E-state index in [-0.39, 0.29) is 30.9 Å². The molecule has 1 aromatic rings. The van der Waals surface area contributed by atoms with E-state index in [2.05, 4.69) is 27.5 Å². The number of nitrogens with one attached hydrogen (secondary N) is 1. The van der Waals surface area contributed by atoms with E-state index in [1.54, 1.807) is 17.1 Å². The molecule has 2 fully saturated rings. The molecule has 7 heteroatoms. The second kappa shape index (κ2) is 8.64. The van der Waals surface area contributed by atoms with Crippen LogP contribution in [0.1, 0.15) is 39.0 Å². The summed E-state index contributed by atoms with van der Waals surface area (Å²) in [6.45, 7) is 5.85. The Balaban J connectivity index is 0.00000192. The zero-order valence-electron chi connectivity index (χ0n) is 13.9. The van der Waals surface area contributed by atoms with Crippen LogP contribution in [0.3, 0.4) is 0 Å². The van der Waals surface area contributed by atoms with E-state index >= 15 is 0 Å². The molecule has 0 spiro atoms. The summed E-state index contributed by atoms with van der Waals surface area (Å²) < 4.78 is 1.57. The van der Waals surface area contributed by atoms with Crippen molar-refractivity contribution in [3.05, 3.63) is 12.4 Å². The van der Waals surface area contributed by atoms with Crippen LogP contribution in [0, 0.1) is 11.8 Å². The molecule has 1 aromatic heterocycles. The van der Waals surface area contributed by atoms with Gasteiger partial charge in [0.25, 0.3) is 0 Å². The van der Waals surface area contributed by atoms with Crippen LogP contribution in [-0.4, -0.2) is 51.5 Å². The predicted octanol–water partition coefficient (Wildman–Crippen LogP) is 1.72. The summed E-state index contributed by atoms with van der Waals surface area (Å²) in [5.41, 5.74) is 0. The highest BCUT2D eigenvalue weighted by Gasteiger charge is 2.34. The van der Waals surface area contributed by atoms with Crippen molar-refractivity contribution in [3.8, 4) is 0 Å². The zero-order valence-corrected chi connectivity index (χ0v) is 14.7. The lowest BCUT2D eigenvalue weighted by molar-refractivity contribution is -0.122. The van der Waals surface area contributed by atoms with E-state index in [1.807, 2.05) is 0 Å². The van der Waals surface area contributed by atoms with Gasteiger partial charge in [-0.05, 0) is 31.1 Å². The maximum absolute atomic E-state index is 12.2. The zero-order chi connectivity index (χ0) is 15.4. The Morgan fingerprint density at radius 3 is 2.78 bits per heavy atom. The molecular formula is C16H28ClN5O. The van der Waals surface area contributed by atoms with Gasteiger partial charge in [-0.15, -0.1) is 17.5 Å². The number of hydrogen-bond acceptors (Lipinski definition) is 4. The molecule has 0 aromatic carbocycles. The summed E-state index contributed by atoms with van der Waals surface area (Å²) >= 11 is 0. The standard InChI is InChI=1S/C16H27N5O.ClH/c1-2-4-14-10-20(9-13-5-3-6-13)11-15(14)18-16(22)12-21-8-7-17-19-21;/h7-8,13-15H,2-6,9-12H2,1H3,(H,18,22);1H/t14-,15-;/m0./s1. The normalized spacial score (nSPS) is 24.9. The molecule has 0 radical (unpaired) electrons. The summed E-state index contributed by atoms with van der Waals surface area (Å²) in [7, 11) is 0. The number of carbonyl (C=O) groups excluding carboxylic acids is 1. The maximum atomic E-state index is 12.2. The lowest BCUT2D eigenvalue weighted by Gasteiger charge is -2.30. The van der Waals surface area contributed by atoms with Crippen LogP contribution in [0.5, 0.6) is 0 Å². The fourth-order valence-corrected chi connectivity index (χ4v) is 3.69. The van der Waals surface area contributed by atoms with Crippen LogP contribution in [0.4, 0.5) is 0 Å². The van der Waals surface area contributed by atoms with Gasteiger partial charge in [0, 0.05) is 31.9 Å². The topological polar surface area (TPSA) is 63.1 Å². The van der Waals surface area contributed by atoms with Crippen LogP contribution in [0.2, 0.25) is 0 Å². The molecule has 2 aliphatic rings. The monoisotopic (exact) mass is 341 g/mol. The molecule has 0 bridgehead atoms. The van der Waals surface area contributed by atoms with Crippen molar-refractivity contribution in [3.63, 3.8) is 0 Å². The van der Waals surface area contributed by atoms with Gasteiger partial charge in [0.05, 0.1) is 6.20 Å². The maximum Gasteiger partial charge on any atom is 0.242 e. The van der Waals surface area contributed by atoms with Crippen LogP contribution < -0.4 is 5.32 Å². The smallest absolute Gasteiger partial charge is 0.242 e. The highest BCUT2D eigenvalue weighted by molar-refractivity contribution is 5.85. The second-order valence-corrected chi connectivity index (χ2v) is 6.84. The van der Waals surface area contributed by atoms with E-state index in [9.17, 15) is 4.79 Å². The van der Waals surface area contributed by atoms with E-state index < -0.39 is 0 Å². The van der Waals surface area contributed by atoms with Gasteiger partial charge in [-0.2, -0.15) is 0 Å². The molecule has 130 valence electrons. The molecule has 1 saturated carbocycles. The van der Waals surface area contributed by atoms with Gasteiger partial charge in [-0.3, -0.25) is 4.79 Å². The van der Waals surface area contributed by atoms with Gasteiger partial charge in [-0.25, -0.2) is 4.68 Å². The summed E-state index contributed by atoms with van der Waals surface area (Å²) in [6, 6.07) is 0.288. The lowest BCUT2D eigenvalue weighted by atomic mass is 9.85. The first-order chi connectivity index (χ1) is 10.7. The fraction of sp³-hybridized carbons (Fsp3) is 0.812. The van der Waals surface area contributed by atoms with Crippen molar-refractivity contribution in [1.82, 2.24) is 25.2 Å². The largest absolute Gasteiger partial charge is 0.350 e. The number of carbonyl (C=O) groups is 1. The molecule has 3 rings (SSSR count). The van der Waals surface area contributed by atoms with Crippen molar-refractivity contribution in [2.75, 3.05) is 19.6 Å². The van der Waals surface area contributed by atoms with Crippen molar-refractivity contribution < 1.29 is 4.79 Å². The molecule has 2 atom stereocenters.